The van der Waals surface area contributed by atoms with Crippen LogP contribution in [0, 0.1) is 0 Å². The summed E-state index contributed by atoms with van der Waals surface area (Å²) in [7, 11) is 0. The van der Waals surface area contributed by atoms with Gasteiger partial charge in [-0.25, -0.2) is 0 Å². The molecule has 154 valence electrons. The number of aromatic amines is 1. The van der Waals surface area contributed by atoms with Crippen LogP contribution in [0.2, 0.25) is 0 Å². The number of aromatic nitrogens is 3. The summed E-state index contributed by atoms with van der Waals surface area (Å²) in [5.41, 5.74) is 4.96. The van der Waals surface area contributed by atoms with E-state index >= 15 is 0 Å². The number of pyridine rings is 1. The molecule has 1 N–H and O–H groups in total. The van der Waals surface area contributed by atoms with Crippen LogP contribution in [0.15, 0.2) is 79.1 Å². The van der Waals surface area contributed by atoms with Crippen molar-refractivity contribution in [2.75, 3.05) is 6.54 Å². The van der Waals surface area contributed by atoms with Crippen molar-refractivity contribution < 1.29 is 9.53 Å². The first-order chi connectivity index (χ1) is 15.3. The Morgan fingerprint density at radius 3 is 2.61 bits per heavy atom. The lowest BCUT2D eigenvalue weighted by molar-refractivity contribution is -0.131. The summed E-state index contributed by atoms with van der Waals surface area (Å²) in [5, 5.41) is 7.64. The minimum atomic E-state index is 0.0802. The number of nitrogens with zero attached hydrogens (tertiary/aromatic N) is 3. The number of ether oxygens (including phenoxy) is 1. The highest BCUT2D eigenvalue weighted by molar-refractivity contribution is 5.80. The summed E-state index contributed by atoms with van der Waals surface area (Å²) in [6.45, 7) is 1.22. The van der Waals surface area contributed by atoms with Crippen molar-refractivity contribution in [1.29, 1.82) is 0 Å². The number of carbonyl (C=O) groups excluding carboxylic acids is 1. The first kappa shape index (κ1) is 19.1. The number of H-pyrrole nitrogens is 1. The number of para-hydroxylation sites is 2. The summed E-state index contributed by atoms with van der Waals surface area (Å²) in [4.78, 5) is 19.2. The second-order valence-corrected chi connectivity index (χ2v) is 7.53. The van der Waals surface area contributed by atoms with Crippen LogP contribution in [-0.2, 0) is 24.2 Å². The number of hydrogen-bond acceptors (Lipinski definition) is 4. The number of nitrogens with one attached hydrogen (secondary N) is 1. The predicted molar refractivity (Wildman–Crippen MR) is 118 cm³/mol. The quantitative estimate of drug-likeness (QED) is 0.530. The van der Waals surface area contributed by atoms with Crippen LogP contribution in [0.25, 0.3) is 11.3 Å². The smallest absolute Gasteiger partial charge is 0.227 e. The average Bonchev–Trinajstić information content (AvgIpc) is 3.25. The Hall–Kier alpha value is -3.93. The van der Waals surface area contributed by atoms with Gasteiger partial charge >= 0.3 is 0 Å². The molecule has 1 aliphatic rings. The minimum Gasteiger partial charge on any atom is -0.457 e. The van der Waals surface area contributed by atoms with E-state index in [-0.39, 0.29) is 5.91 Å². The molecule has 5 rings (SSSR count). The number of rotatable bonds is 5. The fourth-order valence-electron chi connectivity index (χ4n) is 3.90. The SMILES string of the molecule is O=C(Cc1ccccc1Oc1ccccc1)N1CCc2[nH]nc(-c3ccncc3)c2C1. The molecule has 4 aromatic rings. The van der Waals surface area contributed by atoms with Crippen LogP contribution in [0.1, 0.15) is 16.8 Å². The van der Waals surface area contributed by atoms with Crippen molar-refractivity contribution in [3.05, 3.63) is 95.9 Å². The zero-order valence-electron chi connectivity index (χ0n) is 17.0. The van der Waals surface area contributed by atoms with Gasteiger partial charge in [-0.05, 0) is 30.3 Å². The number of fused-ring (bicyclic) bond motifs is 1. The second-order valence-electron chi connectivity index (χ2n) is 7.53. The summed E-state index contributed by atoms with van der Waals surface area (Å²) < 4.78 is 6.03. The number of carbonyl (C=O) groups is 1. The highest BCUT2D eigenvalue weighted by Gasteiger charge is 2.26. The van der Waals surface area contributed by atoms with E-state index in [0.29, 0.717) is 25.3 Å². The van der Waals surface area contributed by atoms with E-state index in [1.54, 1.807) is 12.4 Å². The van der Waals surface area contributed by atoms with Crippen molar-refractivity contribution >= 4 is 5.91 Å². The molecule has 0 saturated carbocycles. The molecule has 0 bridgehead atoms. The van der Waals surface area contributed by atoms with E-state index in [1.807, 2.05) is 71.6 Å². The van der Waals surface area contributed by atoms with Gasteiger partial charge in [0.05, 0.1) is 12.1 Å². The lowest BCUT2D eigenvalue weighted by Crippen LogP contribution is -2.36. The van der Waals surface area contributed by atoms with Crippen LogP contribution in [0.3, 0.4) is 0 Å². The third-order valence-electron chi connectivity index (χ3n) is 5.53. The van der Waals surface area contributed by atoms with Gasteiger partial charge in [-0.1, -0.05) is 36.4 Å². The van der Waals surface area contributed by atoms with Gasteiger partial charge in [-0.2, -0.15) is 5.10 Å². The molecule has 1 amide bonds. The average molecular weight is 410 g/mol. The number of amides is 1. The van der Waals surface area contributed by atoms with Crippen molar-refractivity contribution in [3.63, 3.8) is 0 Å². The Labute approximate surface area is 180 Å². The molecule has 6 heteroatoms. The molecule has 31 heavy (non-hydrogen) atoms. The first-order valence-electron chi connectivity index (χ1n) is 10.3. The Balaban J connectivity index is 1.34. The summed E-state index contributed by atoms with van der Waals surface area (Å²) in [6, 6.07) is 21.2. The van der Waals surface area contributed by atoms with Gasteiger partial charge in [0.15, 0.2) is 0 Å². The maximum atomic E-state index is 13.2. The highest BCUT2D eigenvalue weighted by Crippen LogP contribution is 2.29. The molecule has 0 aliphatic carbocycles. The molecule has 0 spiro atoms. The molecule has 0 saturated heterocycles. The van der Waals surface area contributed by atoms with E-state index in [1.165, 1.54) is 0 Å². The predicted octanol–water partition coefficient (Wildman–Crippen LogP) is 4.39. The van der Waals surface area contributed by atoms with Gasteiger partial charge in [0.25, 0.3) is 0 Å². The fraction of sp³-hybridized carbons (Fsp3) is 0.160. The lowest BCUT2D eigenvalue weighted by atomic mass is 10.0. The Morgan fingerprint density at radius 1 is 1.00 bits per heavy atom. The van der Waals surface area contributed by atoms with Crippen LogP contribution in [0.5, 0.6) is 11.5 Å². The van der Waals surface area contributed by atoms with Crippen molar-refractivity contribution in [2.45, 2.75) is 19.4 Å². The van der Waals surface area contributed by atoms with E-state index in [2.05, 4.69) is 15.2 Å². The van der Waals surface area contributed by atoms with E-state index < -0.39 is 0 Å². The highest BCUT2D eigenvalue weighted by atomic mass is 16.5. The summed E-state index contributed by atoms with van der Waals surface area (Å²) in [5.74, 6) is 1.54. The van der Waals surface area contributed by atoms with Gasteiger partial charge in [0.1, 0.15) is 11.5 Å². The molecular weight excluding hydrogens is 388 g/mol. The van der Waals surface area contributed by atoms with Crippen molar-refractivity contribution in [2.24, 2.45) is 0 Å². The molecule has 1 aliphatic heterocycles. The van der Waals surface area contributed by atoms with Gasteiger partial charge in [0, 0.05) is 54.3 Å². The van der Waals surface area contributed by atoms with Crippen LogP contribution in [-0.4, -0.2) is 32.5 Å². The standard InChI is InChI=1S/C25H22N4O2/c30-24(16-19-6-4-5-9-23(19)31-20-7-2-1-3-8-20)29-15-12-22-21(17-29)25(28-27-22)18-10-13-26-14-11-18/h1-11,13-14H,12,15-17H2,(H,27,28). The van der Waals surface area contributed by atoms with Crippen LogP contribution in [0.4, 0.5) is 0 Å². The lowest BCUT2D eigenvalue weighted by Gasteiger charge is -2.27. The van der Waals surface area contributed by atoms with Crippen molar-refractivity contribution in [3.8, 4) is 22.8 Å². The fourth-order valence-corrected chi connectivity index (χ4v) is 3.90. The monoisotopic (exact) mass is 410 g/mol. The molecule has 2 aromatic carbocycles. The molecule has 0 radical (unpaired) electrons. The molecule has 2 aromatic heterocycles. The summed E-state index contributed by atoms with van der Waals surface area (Å²) in [6.07, 6.45) is 4.57. The maximum Gasteiger partial charge on any atom is 0.227 e. The van der Waals surface area contributed by atoms with Gasteiger partial charge in [-0.15, -0.1) is 0 Å². The Morgan fingerprint density at radius 2 is 1.77 bits per heavy atom. The molecule has 0 atom stereocenters. The third-order valence-corrected chi connectivity index (χ3v) is 5.53. The molecule has 0 fully saturated rings. The molecule has 3 heterocycles. The normalized spacial score (nSPS) is 13.0. The molecule has 0 unspecified atom stereocenters. The van der Waals surface area contributed by atoms with E-state index in [0.717, 1.165) is 40.2 Å². The zero-order valence-corrected chi connectivity index (χ0v) is 17.0. The Bertz CT molecular complexity index is 1190. The largest absolute Gasteiger partial charge is 0.457 e. The zero-order chi connectivity index (χ0) is 21.0. The van der Waals surface area contributed by atoms with Gasteiger partial charge in [-0.3, -0.25) is 14.9 Å². The van der Waals surface area contributed by atoms with Gasteiger partial charge < -0.3 is 9.64 Å². The van der Waals surface area contributed by atoms with Gasteiger partial charge in [0.2, 0.25) is 5.91 Å². The van der Waals surface area contributed by atoms with Crippen LogP contribution < -0.4 is 4.74 Å². The molecular formula is C25H22N4O2. The number of hydrogen-bond donors (Lipinski definition) is 1. The van der Waals surface area contributed by atoms with E-state index in [9.17, 15) is 4.79 Å². The Kier molecular flexibility index (Phi) is 5.19. The number of benzene rings is 2. The topological polar surface area (TPSA) is 71.1 Å². The molecule has 6 nitrogen and oxygen atoms in total. The summed E-state index contributed by atoms with van der Waals surface area (Å²) >= 11 is 0. The van der Waals surface area contributed by atoms with Crippen molar-refractivity contribution in [1.82, 2.24) is 20.1 Å². The van der Waals surface area contributed by atoms with E-state index in [4.69, 9.17) is 4.74 Å². The second kappa shape index (κ2) is 8.44. The maximum absolute atomic E-state index is 13.2. The first-order valence-corrected chi connectivity index (χ1v) is 10.3. The van der Waals surface area contributed by atoms with Crippen LogP contribution >= 0.6 is 0 Å². The third kappa shape index (κ3) is 4.05. The minimum absolute atomic E-state index is 0.0802.